The molecule has 0 bridgehead atoms. The second kappa shape index (κ2) is 8.49. The van der Waals surface area contributed by atoms with Gasteiger partial charge < -0.3 is 0 Å². The summed E-state index contributed by atoms with van der Waals surface area (Å²) >= 11 is 6.31. The quantitative estimate of drug-likeness (QED) is 0.344. The van der Waals surface area contributed by atoms with Gasteiger partial charge in [-0.05, 0) is 59.2 Å². The molecule has 5 rings (SSSR count). The van der Waals surface area contributed by atoms with Crippen molar-refractivity contribution in [2.45, 2.75) is 30.3 Å². The van der Waals surface area contributed by atoms with Gasteiger partial charge in [0.15, 0.2) is 5.82 Å². The van der Waals surface area contributed by atoms with E-state index in [1.54, 1.807) is 12.1 Å². The maximum atomic E-state index is 13.6. The zero-order valence-corrected chi connectivity index (χ0v) is 21.0. The predicted molar refractivity (Wildman–Crippen MR) is 132 cm³/mol. The average molecular weight is 550 g/mol. The lowest BCUT2D eigenvalue weighted by molar-refractivity contribution is -0.137. The Bertz CT molecular complexity index is 1680. The molecular formula is C25H19ClF3N3O4S. The normalized spacial score (nSPS) is 15.1. The van der Waals surface area contributed by atoms with Crippen molar-refractivity contribution in [1.82, 2.24) is 10.1 Å². The van der Waals surface area contributed by atoms with Gasteiger partial charge in [0.1, 0.15) is 0 Å². The van der Waals surface area contributed by atoms with Gasteiger partial charge in [-0.1, -0.05) is 48.8 Å². The number of sulfonamides is 1. The topological polar surface area (TPSA) is 96.3 Å². The molecule has 0 aliphatic carbocycles. The lowest BCUT2D eigenvalue weighted by Gasteiger charge is -2.22. The molecule has 0 amide bonds. The van der Waals surface area contributed by atoms with E-state index in [1.165, 1.54) is 34.6 Å². The van der Waals surface area contributed by atoms with E-state index in [0.717, 1.165) is 17.7 Å². The number of hydrogen-bond acceptors (Lipinski definition) is 5. The van der Waals surface area contributed by atoms with Gasteiger partial charge in [-0.3, -0.25) is 13.8 Å². The molecule has 7 nitrogen and oxygen atoms in total. The van der Waals surface area contributed by atoms with Gasteiger partial charge in [0, 0.05) is 17.5 Å². The Labute approximate surface area is 214 Å². The summed E-state index contributed by atoms with van der Waals surface area (Å²) in [6.45, 7) is 3.95. The number of H-pyrrole nitrogens is 1. The molecule has 3 aromatic carbocycles. The smallest absolute Gasteiger partial charge is 0.296 e. The molecule has 1 aliphatic heterocycles. The molecule has 12 heteroatoms. The van der Waals surface area contributed by atoms with E-state index in [0.29, 0.717) is 22.4 Å². The predicted octanol–water partition coefficient (Wildman–Crippen LogP) is 5.86. The first-order valence-corrected chi connectivity index (χ1v) is 12.8. The highest BCUT2D eigenvalue weighted by Crippen LogP contribution is 2.45. The third-order valence-corrected chi connectivity index (χ3v) is 8.37. The number of rotatable bonds is 4. The molecule has 192 valence electrons. The first-order valence-electron chi connectivity index (χ1n) is 11.0. The number of halogens is 4. The van der Waals surface area contributed by atoms with E-state index in [9.17, 15) is 26.4 Å². The van der Waals surface area contributed by atoms with Crippen LogP contribution < -0.4 is 10.1 Å². The minimum atomic E-state index is -4.43. The van der Waals surface area contributed by atoms with Crippen LogP contribution in [-0.4, -0.2) is 25.1 Å². The summed E-state index contributed by atoms with van der Waals surface area (Å²) in [4.78, 5) is 13.6. The van der Waals surface area contributed by atoms with E-state index < -0.39 is 32.9 Å². The molecule has 0 spiro atoms. The second-order valence-electron chi connectivity index (χ2n) is 9.29. The van der Waals surface area contributed by atoms with E-state index in [2.05, 4.69) is 14.7 Å². The molecule has 1 N–H and O–H groups in total. The van der Waals surface area contributed by atoms with Crippen molar-refractivity contribution in [2.75, 3.05) is 10.8 Å². The summed E-state index contributed by atoms with van der Waals surface area (Å²) in [7, 11) is -4.03. The van der Waals surface area contributed by atoms with E-state index in [4.69, 9.17) is 11.6 Å². The van der Waals surface area contributed by atoms with E-state index in [-0.39, 0.29) is 22.3 Å². The van der Waals surface area contributed by atoms with Gasteiger partial charge >= 0.3 is 11.9 Å². The summed E-state index contributed by atoms with van der Waals surface area (Å²) in [5, 5.41) is 3.63. The number of benzene rings is 3. The Morgan fingerprint density at radius 2 is 1.70 bits per heavy atom. The molecule has 37 heavy (non-hydrogen) atoms. The van der Waals surface area contributed by atoms with Crippen molar-refractivity contribution in [3.05, 3.63) is 87.4 Å². The Balaban J connectivity index is 1.51. The number of anilines is 1. The minimum Gasteiger partial charge on any atom is -0.296 e. The Morgan fingerprint density at radius 1 is 1.03 bits per heavy atom. The van der Waals surface area contributed by atoms with Crippen molar-refractivity contribution >= 4 is 27.3 Å². The minimum absolute atomic E-state index is 0.0532. The molecule has 0 unspecified atom stereocenters. The first kappa shape index (κ1) is 25.1. The molecule has 1 aliphatic rings. The summed E-state index contributed by atoms with van der Waals surface area (Å²) in [6.07, 6.45) is -4.43. The number of hydrogen-bond donors (Lipinski definition) is 1. The van der Waals surface area contributed by atoms with Gasteiger partial charge in [-0.2, -0.15) is 13.2 Å². The monoisotopic (exact) mass is 549 g/mol. The molecule has 0 saturated carbocycles. The fourth-order valence-electron chi connectivity index (χ4n) is 4.39. The van der Waals surface area contributed by atoms with E-state index >= 15 is 0 Å². The molecule has 1 aromatic heterocycles. The van der Waals surface area contributed by atoms with Crippen LogP contribution in [0.4, 0.5) is 18.9 Å². The van der Waals surface area contributed by atoms with Gasteiger partial charge in [0.2, 0.25) is 0 Å². The SMILES string of the molecule is CC1(C)CN(S(=O)(=O)c2ccc(-c3noc(=O)[nH]3)c(Cl)c2)c2ccc(-c3ccc(C(F)(F)F)cc3)cc21. The maximum Gasteiger partial charge on any atom is 0.439 e. The van der Waals surface area contributed by atoms with Crippen LogP contribution >= 0.6 is 11.6 Å². The second-order valence-corrected chi connectivity index (χ2v) is 11.6. The van der Waals surface area contributed by atoms with Crippen LogP contribution in [-0.2, 0) is 21.6 Å². The van der Waals surface area contributed by atoms with Crippen LogP contribution in [0.5, 0.6) is 0 Å². The molecule has 4 aromatic rings. The third-order valence-electron chi connectivity index (χ3n) is 6.30. The fraction of sp³-hybridized carbons (Fsp3) is 0.200. The van der Waals surface area contributed by atoms with Crippen LogP contribution in [0.15, 0.2) is 74.9 Å². The van der Waals surface area contributed by atoms with Crippen molar-refractivity contribution in [2.24, 2.45) is 0 Å². The number of nitrogens with zero attached hydrogens (tertiary/aromatic N) is 2. The Kier molecular flexibility index (Phi) is 5.76. The first-order chi connectivity index (χ1) is 17.3. The van der Waals surface area contributed by atoms with Crippen LogP contribution in [0.2, 0.25) is 5.02 Å². The Morgan fingerprint density at radius 3 is 2.30 bits per heavy atom. The summed E-state index contributed by atoms with van der Waals surface area (Å²) < 4.78 is 71.9. The van der Waals surface area contributed by atoms with Crippen molar-refractivity contribution in [3.63, 3.8) is 0 Å². The lowest BCUT2D eigenvalue weighted by Crippen LogP contribution is -2.34. The van der Waals surface area contributed by atoms with Gasteiger partial charge in [0.05, 0.1) is 21.2 Å². The third kappa shape index (κ3) is 4.42. The number of aromatic amines is 1. The van der Waals surface area contributed by atoms with Crippen molar-refractivity contribution in [3.8, 4) is 22.5 Å². The zero-order chi connectivity index (χ0) is 26.8. The summed E-state index contributed by atoms with van der Waals surface area (Å²) in [5.41, 5.74) is 1.46. The highest BCUT2D eigenvalue weighted by molar-refractivity contribution is 7.92. The van der Waals surface area contributed by atoms with Crippen LogP contribution in [0.25, 0.3) is 22.5 Å². The van der Waals surface area contributed by atoms with Gasteiger partial charge in [-0.15, -0.1) is 0 Å². The van der Waals surface area contributed by atoms with Crippen LogP contribution in [0.1, 0.15) is 25.0 Å². The number of fused-ring (bicyclic) bond motifs is 1. The highest BCUT2D eigenvalue weighted by Gasteiger charge is 2.41. The zero-order valence-electron chi connectivity index (χ0n) is 19.4. The number of nitrogens with one attached hydrogen (secondary N) is 1. The molecule has 2 heterocycles. The van der Waals surface area contributed by atoms with Crippen LogP contribution in [0.3, 0.4) is 0 Å². The standard InChI is InChI=1S/C25H19ClF3N3O4S/c1-24(2)13-32(37(34,35)17-8-9-18(20(26)12-17)22-30-23(33)36-31-22)21-10-5-15(11-19(21)24)14-3-6-16(7-4-14)25(27,28)29/h3-12H,13H2,1-2H3,(H,30,31,33). The molecule has 0 fully saturated rings. The largest absolute Gasteiger partial charge is 0.439 e. The number of alkyl halides is 3. The number of aromatic nitrogens is 2. The Hall–Kier alpha value is -3.57. The summed E-state index contributed by atoms with van der Waals surface area (Å²) in [5.74, 6) is -0.697. The van der Waals surface area contributed by atoms with Crippen molar-refractivity contribution < 1.29 is 26.1 Å². The molecular weight excluding hydrogens is 531 g/mol. The molecule has 0 radical (unpaired) electrons. The van der Waals surface area contributed by atoms with Crippen molar-refractivity contribution in [1.29, 1.82) is 0 Å². The van der Waals surface area contributed by atoms with Crippen LogP contribution in [0, 0.1) is 0 Å². The fourth-order valence-corrected chi connectivity index (χ4v) is 6.40. The average Bonchev–Trinajstić information content (AvgIpc) is 3.39. The summed E-state index contributed by atoms with van der Waals surface area (Å²) in [6, 6.07) is 14.1. The van der Waals surface area contributed by atoms with Gasteiger partial charge in [-0.25, -0.2) is 13.2 Å². The van der Waals surface area contributed by atoms with E-state index in [1.807, 2.05) is 19.9 Å². The molecule has 0 saturated heterocycles. The molecule has 0 atom stereocenters. The van der Waals surface area contributed by atoms with Gasteiger partial charge in [0.25, 0.3) is 10.0 Å². The lowest BCUT2D eigenvalue weighted by atomic mass is 9.85. The highest BCUT2D eigenvalue weighted by atomic mass is 35.5. The maximum absolute atomic E-state index is 13.6.